The zero-order chi connectivity index (χ0) is 13.3. The molecule has 0 radical (unpaired) electrons. The van der Waals surface area contributed by atoms with E-state index in [0.717, 1.165) is 11.8 Å². The molecular weight excluding hydrogens is 293 g/mol. The van der Waals surface area contributed by atoms with Gasteiger partial charge in [-0.1, -0.05) is 41.6 Å². The third kappa shape index (κ3) is 2.43. The Kier molecular flexibility index (Phi) is 4.04. The number of likely N-dealkylation sites (N-methyl/N-ethyl adjacent to an activating group) is 1. The van der Waals surface area contributed by atoms with E-state index in [2.05, 4.69) is 0 Å². The largest absolute Gasteiger partial charge is 0.293 e. The minimum Gasteiger partial charge on any atom is -0.293 e. The molecule has 1 aliphatic rings. The molecule has 1 saturated heterocycles. The predicted molar refractivity (Wildman–Crippen MR) is 77.0 cm³/mol. The van der Waals surface area contributed by atoms with Gasteiger partial charge in [-0.15, -0.1) is 0 Å². The summed E-state index contributed by atoms with van der Waals surface area (Å²) in [6.45, 7) is 2.34. The molecule has 1 fully saturated rings. The van der Waals surface area contributed by atoms with Crippen LogP contribution in [0.5, 0.6) is 0 Å². The van der Waals surface area contributed by atoms with Crippen LogP contribution in [0.15, 0.2) is 23.1 Å². The Labute approximate surface area is 119 Å². The van der Waals surface area contributed by atoms with Gasteiger partial charge in [0.15, 0.2) is 0 Å². The number of carbonyl (C=O) groups excluding carboxylic acids is 1. The zero-order valence-corrected chi connectivity index (χ0v) is 11.8. The third-order valence-corrected chi connectivity index (χ3v) is 4.17. The van der Waals surface area contributed by atoms with Gasteiger partial charge in [0.05, 0.1) is 9.93 Å². The Hall–Kier alpha value is -0.910. The van der Waals surface area contributed by atoms with Crippen LogP contribution < -0.4 is 0 Å². The molecule has 6 heteroatoms. The molecule has 2 nitrogen and oxygen atoms in total. The Balaban J connectivity index is 2.41. The van der Waals surface area contributed by atoms with E-state index in [0.29, 0.717) is 15.8 Å². The monoisotopic (exact) mass is 301 g/mol. The summed E-state index contributed by atoms with van der Waals surface area (Å²) in [4.78, 5) is 13.8. The molecule has 0 saturated carbocycles. The van der Waals surface area contributed by atoms with Crippen LogP contribution in [0.25, 0.3) is 6.08 Å². The SMILES string of the molecule is CCN1C(=O)/C(=C/c2c(F)cccc2Cl)SC1=S. The number of thiocarbonyl (C=S) groups is 1. The summed E-state index contributed by atoms with van der Waals surface area (Å²) in [5.74, 6) is -0.656. The minimum atomic E-state index is -0.454. The van der Waals surface area contributed by atoms with Crippen LogP contribution in [-0.4, -0.2) is 21.7 Å². The topological polar surface area (TPSA) is 20.3 Å². The fourth-order valence-corrected chi connectivity index (χ4v) is 3.14. The van der Waals surface area contributed by atoms with Crippen molar-refractivity contribution in [1.29, 1.82) is 0 Å². The van der Waals surface area contributed by atoms with Gasteiger partial charge in [0.2, 0.25) is 0 Å². The molecule has 18 heavy (non-hydrogen) atoms. The number of hydrogen-bond acceptors (Lipinski definition) is 3. The molecule has 1 aromatic rings. The third-order valence-electron chi connectivity index (χ3n) is 2.46. The van der Waals surface area contributed by atoms with E-state index in [9.17, 15) is 9.18 Å². The first kappa shape index (κ1) is 13.5. The molecular formula is C12H9ClFNOS2. The lowest BCUT2D eigenvalue weighted by Crippen LogP contribution is -2.27. The molecule has 0 bridgehead atoms. The molecule has 0 unspecified atom stereocenters. The summed E-state index contributed by atoms with van der Waals surface area (Å²) in [6, 6.07) is 4.40. The van der Waals surface area contributed by atoms with Gasteiger partial charge in [-0.3, -0.25) is 9.69 Å². The van der Waals surface area contributed by atoms with E-state index in [1.807, 2.05) is 6.92 Å². The van der Waals surface area contributed by atoms with Crippen molar-refractivity contribution in [3.8, 4) is 0 Å². The van der Waals surface area contributed by atoms with E-state index >= 15 is 0 Å². The molecule has 0 aromatic heterocycles. The van der Waals surface area contributed by atoms with Crippen molar-refractivity contribution in [3.05, 3.63) is 39.5 Å². The lowest BCUT2D eigenvalue weighted by molar-refractivity contribution is -0.121. The molecule has 1 heterocycles. The first-order valence-corrected chi connectivity index (χ1v) is 6.84. The maximum Gasteiger partial charge on any atom is 0.266 e. The molecule has 0 aliphatic carbocycles. The van der Waals surface area contributed by atoms with Gasteiger partial charge in [0.25, 0.3) is 5.91 Å². The predicted octanol–water partition coefficient (Wildman–Crippen LogP) is 3.70. The van der Waals surface area contributed by atoms with Gasteiger partial charge >= 0.3 is 0 Å². The van der Waals surface area contributed by atoms with E-state index in [1.165, 1.54) is 23.1 Å². The minimum absolute atomic E-state index is 0.202. The Morgan fingerprint density at radius 2 is 2.28 bits per heavy atom. The van der Waals surface area contributed by atoms with Gasteiger partial charge in [-0.25, -0.2) is 4.39 Å². The summed E-state index contributed by atoms with van der Waals surface area (Å²) in [5, 5.41) is 0.275. The Bertz CT molecular complexity index is 539. The van der Waals surface area contributed by atoms with Gasteiger partial charge in [0.1, 0.15) is 10.1 Å². The van der Waals surface area contributed by atoms with Crippen molar-refractivity contribution in [2.45, 2.75) is 6.92 Å². The lowest BCUT2D eigenvalue weighted by atomic mass is 10.2. The zero-order valence-electron chi connectivity index (χ0n) is 9.44. The normalized spacial score (nSPS) is 17.9. The van der Waals surface area contributed by atoms with Crippen LogP contribution in [0, 0.1) is 5.82 Å². The molecule has 1 amide bonds. The fourth-order valence-electron chi connectivity index (χ4n) is 1.55. The van der Waals surface area contributed by atoms with Gasteiger partial charge < -0.3 is 0 Å². The van der Waals surface area contributed by atoms with Gasteiger partial charge in [-0.2, -0.15) is 0 Å². The van der Waals surface area contributed by atoms with Crippen molar-refractivity contribution in [3.63, 3.8) is 0 Å². The number of benzene rings is 1. The standard InChI is InChI=1S/C12H9ClFNOS2/c1-2-15-11(16)10(18-12(15)17)6-7-8(13)4-3-5-9(7)14/h3-6H,2H2,1H3/b10-6-. The molecule has 94 valence electrons. The summed E-state index contributed by atoms with van der Waals surface area (Å²) >= 11 is 12.1. The smallest absolute Gasteiger partial charge is 0.266 e. The summed E-state index contributed by atoms with van der Waals surface area (Å²) < 4.78 is 14.1. The molecule has 0 atom stereocenters. The summed E-state index contributed by atoms with van der Waals surface area (Å²) in [6.07, 6.45) is 1.45. The van der Waals surface area contributed by atoms with Gasteiger partial charge in [-0.05, 0) is 25.1 Å². The molecule has 1 aliphatic heterocycles. The second kappa shape index (κ2) is 5.38. The number of carbonyl (C=O) groups is 1. The number of nitrogens with zero attached hydrogens (tertiary/aromatic N) is 1. The van der Waals surface area contributed by atoms with E-state index in [4.69, 9.17) is 23.8 Å². The van der Waals surface area contributed by atoms with Crippen molar-refractivity contribution >= 4 is 51.9 Å². The number of hydrogen-bond donors (Lipinski definition) is 0. The van der Waals surface area contributed by atoms with Crippen LogP contribution in [0.2, 0.25) is 5.02 Å². The van der Waals surface area contributed by atoms with Crippen LogP contribution in [-0.2, 0) is 4.79 Å². The number of rotatable bonds is 2. The Morgan fingerprint density at radius 1 is 1.56 bits per heavy atom. The van der Waals surface area contributed by atoms with E-state index < -0.39 is 5.82 Å². The first-order chi connectivity index (χ1) is 8.54. The fraction of sp³-hybridized carbons (Fsp3) is 0.167. The molecule has 1 aromatic carbocycles. The summed E-state index contributed by atoms with van der Waals surface area (Å²) in [7, 11) is 0. The number of halogens is 2. The molecule has 0 spiro atoms. The van der Waals surface area contributed by atoms with E-state index in [1.54, 1.807) is 6.07 Å². The highest BCUT2D eigenvalue weighted by atomic mass is 35.5. The van der Waals surface area contributed by atoms with Crippen LogP contribution in [0.1, 0.15) is 12.5 Å². The number of thioether (sulfide) groups is 1. The highest BCUT2D eigenvalue weighted by molar-refractivity contribution is 8.26. The Morgan fingerprint density at radius 3 is 2.83 bits per heavy atom. The molecule has 2 rings (SSSR count). The maximum absolute atomic E-state index is 13.6. The first-order valence-electron chi connectivity index (χ1n) is 5.24. The second-order valence-electron chi connectivity index (χ2n) is 3.56. The van der Waals surface area contributed by atoms with Crippen molar-refractivity contribution in [2.24, 2.45) is 0 Å². The van der Waals surface area contributed by atoms with Crippen molar-refractivity contribution < 1.29 is 9.18 Å². The highest BCUT2D eigenvalue weighted by Crippen LogP contribution is 2.34. The lowest BCUT2D eigenvalue weighted by Gasteiger charge is -2.09. The van der Waals surface area contributed by atoms with Crippen molar-refractivity contribution in [2.75, 3.05) is 6.54 Å². The van der Waals surface area contributed by atoms with E-state index in [-0.39, 0.29) is 16.5 Å². The quantitative estimate of drug-likeness (QED) is 0.614. The summed E-state index contributed by atoms with van der Waals surface area (Å²) in [5.41, 5.74) is 0.218. The maximum atomic E-state index is 13.6. The van der Waals surface area contributed by atoms with Gasteiger partial charge in [0, 0.05) is 12.1 Å². The second-order valence-corrected chi connectivity index (χ2v) is 5.64. The highest BCUT2D eigenvalue weighted by Gasteiger charge is 2.30. The molecule has 0 N–H and O–H groups in total. The van der Waals surface area contributed by atoms with Crippen LogP contribution in [0.4, 0.5) is 4.39 Å². The average molecular weight is 302 g/mol. The number of amides is 1. The average Bonchev–Trinajstić information content (AvgIpc) is 2.59. The van der Waals surface area contributed by atoms with Crippen molar-refractivity contribution in [1.82, 2.24) is 4.90 Å². The van der Waals surface area contributed by atoms with Crippen LogP contribution in [0.3, 0.4) is 0 Å². The van der Waals surface area contributed by atoms with Crippen LogP contribution >= 0.6 is 35.6 Å².